The molecule has 8 heteroatoms. The zero-order valence-electron chi connectivity index (χ0n) is 6.37. The highest BCUT2D eigenvalue weighted by Crippen LogP contribution is 2.10. The quantitative estimate of drug-likeness (QED) is 0.606. The molecule has 0 radical (unpaired) electrons. The number of hydrogen-bond acceptors (Lipinski definition) is 4. The van der Waals surface area contributed by atoms with E-state index in [4.69, 9.17) is 15.8 Å². The Hall–Kier alpha value is -0.950. The summed E-state index contributed by atoms with van der Waals surface area (Å²) in [5.41, 5.74) is -0.450. The van der Waals surface area contributed by atoms with Gasteiger partial charge in [0.1, 0.15) is 0 Å². The first-order valence-electron chi connectivity index (χ1n) is 3.31. The third kappa shape index (κ3) is 3.11. The molecular formula is C5H7ClN2O4S. The number of imidazole rings is 1. The van der Waals surface area contributed by atoms with Crippen LogP contribution in [-0.4, -0.2) is 29.2 Å². The second kappa shape index (κ2) is 3.43. The van der Waals surface area contributed by atoms with Gasteiger partial charge in [-0.1, -0.05) is 0 Å². The SMILES string of the molecule is O=c1[nH]c(O)c(CCS(=O)(=O)Cl)[nH]1. The Bertz CT molecular complexity index is 445. The van der Waals surface area contributed by atoms with E-state index in [1.54, 1.807) is 0 Å². The largest absolute Gasteiger partial charge is 0.493 e. The first-order valence-corrected chi connectivity index (χ1v) is 5.79. The minimum atomic E-state index is -3.60. The maximum absolute atomic E-state index is 10.6. The summed E-state index contributed by atoms with van der Waals surface area (Å²) in [4.78, 5) is 14.9. The van der Waals surface area contributed by atoms with Gasteiger partial charge in [0.25, 0.3) is 0 Å². The molecule has 0 unspecified atom stereocenters. The molecule has 0 aromatic carbocycles. The van der Waals surface area contributed by atoms with Gasteiger partial charge in [-0.3, -0.25) is 4.98 Å². The molecule has 0 aliphatic rings. The number of hydrogen-bond donors (Lipinski definition) is 3. The number of halogens is 1. The first kappa shape index (κ1) is 10.1. The summed E-state index contributed by atoms with van der Waals surface area (Å²) < 4.78 is 21.0. The van der Waals surface area contributed by atoms with Gasteiger partial charge >= 0.3 is 5.69 Å². The Morgan fingerprint density at radius 2 is 2.00 bits per heavy atom. The van der Waals surface area contributed by atoms with Crippen LogP contribution < -0.4 is 5.69 Å². The summed E-state index contributed by atoms with van der Waals surface area (Å²) >= 11 is 0. The number of aromatic hydroxyl groups is 1. The Morgan fingerprint density at radius 1 is 1.38 bits per heavy atom. The molecule has 0 aliphatic carbocycles. The third-order valence-corrected chi connectivity index (χ3v) is 2.53. The normalized spacial score (nSPS) is 11.8. The highest BCUT2D eigenvalue weighted by atomic mass is 35.7. The lowest BCUT2D eigenvalue weighted by Gasteiger charge is -1.94. The Morgan fingerprint density at radius 3 is 2.38 bits per heavy atom. The molecule has 0 atom stereocenters. The van der Waals surface area contributed by atoms with Crippen LogP contribution >= 0.6 is 10.7 Å². The Kier molecular flexibility index (Phi) is 2.67. The standard InChI is InChI=1S/C5H7ClN2O4S/c6-13(11,12)2-1-3-4(9)8-5(10)7-3/h9H,1-2H2,(H2,7,8,10). The van der Waals surface area contributed by atoms with Crippen molar-refractivity contribution in [2.75, 3.05) is 5.75 Å². The van der Waals surface area contributed by atoms with E-state index >= 15 is 0 Å². The maximum atomic E-state index is 10.6. The summed E-state index contributed by atoms with van der Waals surface area (Å²) in [6.07, 6.45) is -0.0313. The van der Waals surface area contributed by atoms with Crippen molar-refractivity contribution in [1.82, 2.24) is 9.97 Å². The number of nitrogens with one attached hydrogen (secondary N) is 2. The van der Waals surface area contributed by atoms with Crippen LogP contribution in [0.25, 0.3) is 0 Å². The lowest BCUT2D eigenvalue weighted by molar-refractivity contribution is 0.449. The molecule has 1 aromatic heterocycles. The number of aromatic amines is 2. The molecule has 0 aliphatic heterocycles. The monoisotopic (exact) mass is 226 g/mol. The number of aromatic nitrogens is 2. The predicted molar refractivity (Wildman–Crippen MR) is 46.4 cm³/mol. The average molecular weight is 227 g/mol. The predicted octanol–water partition coefficient (Wildman–Crippen LogP) is -0.480. The van der Waals surface area contributed by atoms with Crippen molar-refractivity contribution >= 4 is 19.7 Å². The van der Waals surface area contributed by atoms with Gasteiger partial charge < -0.3 is 10.1 Å². The van der Waals surface area contributed by atoms with Crippen LogP contribution in [0.4, 0.5) is 0 Å². The van der Waals surface area contributed by atoms with E-state index in [0.717, 1.165) is 0 Å². The van der Waals surface area contributed by atoms with E-state index in [1.165, 1.54) is 0 Å². The fourth-order valence-electron chi connectivity index (χ4n) is 0.815. The number of H-pyrrole nitrogens is 2. The fourth-order valence-corrected chi connectivity index (χ4v) is 1.49. The topological polar surface area (TPSA) is 103 Å². The van der Waals surface area contributed by atoms with Crippen molar-refractivity contribution in [3.63, 3.8) is 0 Å². The van der Waals surface area contributed by atoms with Gasteiger partial charge in [0, 0.05) is 17.1 Å². The molecular weight excluding hydrogens is 220 g/mol. The minimum absolute atomic E-state index is 0.0313. The zero-order valence-corrected chi connectivity index (χ0v) is 7.94. The third-order valence-electron chi connectivity index (χ3n) is 1.38. The van der Waals surface area contributed by atoms with Gasteiger partial charge in [-0.2, -0.15) is 0 Å². The maximum Gasteiger partial charge on any atom is 0.325 e. The van der Waals surface area contributed by atoms with Crippen molar-refractivity contribution in [2.24, 2.45) is 0 Å². The molecule has 74 valence electrons. The molecule has 3 N–H and O–H groups in total. The summed E-state index contributed by atoms with van der Waals surface area (Å²) in [6, 6.07) is 0. The molecule has 0 saturated carbocycles. The summed E-state index contributed by atoms with van der Waals surface area (Å²) in [5.74, 6) is -0.694. The van der Waals surface area contributed by atoms with Crippen LogP contribution in [0.3, 0.4) is 0 Å². The van der Waals surface area contributed by atoms with Crippen LogP contribution in [0.2, 0.25) is 0 Å². The molecule has 0 saturated heterocycles. The van der Waals surface area contributed by atoms with Crippen molar-refractivity contribution < 1.29 is 13.5 Å². The van der Waals surface area contributed by atoms with Crippen molar-refractivity contribution in [3.8, 4) is 5.88 Å². The summed E-state index contributed by atoms with van der Waals surface area (Å²) in [6.45, 7) is 0. The van der Waals surface area contributed by atoms with Gasteiger partial charge in [0.05, 0.1) is 11.4 Å². The molecule has 1 rings (SSSR count). The fraction of sp³-hybridized carbons (Fsp3) is 0.400. The van der Waals surface area contributed by atoms with E-state index in [0.29, 0.717) is 0 Å². The first-order chi connectivity index (χ1) is 5.88. The Labute approximate surface area is 78.0 Å². The Balaban J connectivity index is 2.76. The molecule has 0 amide bonds. The lowest BCUT2D eigenvalue weighted by Crippen LogP contribution is -2.04. The van der Waals surface area contributed by atoms with Crippen molar-refractivity contribution in [2.45, 2.75) is 6.42 Å². The van der Waals surface area contributed by atoms with Crippen molar-refractivity contribution in [3.05, 3.63) is 16.2 Å². The second-order valence-corrected chi connectivity index (χ2v) is 5.30. The zero-order chi connectivity index (χ0) is 10.1. The van der Waals surface area contributed by atoms with Crippen LogP contribution in [0.15, 0.2) is 4.79 Å². The number of rotatable bonds is 3. The summed E-state index contributed by atoms with van der Waals surface area (Å²) in [7, 11) is 1.33. The van der Waals surface area contributed by atoms with Gasteiger partial charge in [0.2, 0.25) is 14.9 Å². The highest BCUT2D eigenvalue weighted by Gasteiger charge is 2.10. The van der Waals surface area contributed by atoms with Crippen LogP contribution in [-0.2, 0) is 15.5 Å². The van der Waals surface area contributed by atoms with E-state index in [2.05, 4.69) is 9.97 Å². The van der Waals surface area contributed by atoms with Crippen LogP contribution in [0, 0.1) is 0 Å². The molecule has 0 fully saturated rings. The van der Waals surface area contributed by atoms with Gasteiger partial charge in [-0.05, 0) is 0 Å². The number of aryl methyl sites for hydroxylation is 1. The van der Waals surface area contributed by atoms with E-state index in [1.807, 2.05) is 0 Å². The lowest BCUT2D eigenvalue weighted by atomic mass is 10.4. The molecule has 1 heterocycles. The summed E-state index contributed by atoms with van der Waals surface area (Å²) in [5, 5.41) is 9.00. The smallest absolute Gasteiger partial charge is 0.325 e. The van der Waals surface area contributed by atoms with Gasteiger partial charge in [0.15, 0.2) is 0 Å². The van der Waals surface area contributed by atoms with Gasteiger partial charge in [-0.15, -0.1) is 0 Å². The van der Waals surface area contributed by atoms with Crippen LogP contribution in [0.1, 0.15) is 5.69 Å². The molecule has 1 aromatic rings. The van der Waals surface area contributed by atoms with Gasteiger partial charge in [-0.25, -0.2) is 13.2 Å². The molecule has 6 nitrogen and oxygen atoms in total. The molecule has 0 spiro atoms. The molecule has 0 bridgehead atoms. The van der Waals surface area contributed by atoms with E-state index < -0.39 is 14.7 Å². The van der Waals surface area contributed by atoms with E-state index in [-0.39, 0.29) is 23.7 Å². The van der Waals surface area contributed by atoms with Crippen molar-refractivity contribution in [1.29, 1.82) is 0 Å². The second-order valence-electron chi connectivity index (χ2n) is 2.40. The minimum Gasteiger partial charge on any atom is -0.493 e. The van der Waals surface area contributed by atoms with Crippen LogP contribution in [0.5, 0.6) is 5.88 Å². The molecule has 13 heavy (non-hydrogen) atoms. The highest BCUT2D eigenvalue weighted by molar-refractivity contribution is 8.13. The van der Waals surface area contributed by atoms with E-state index in [9.17, 15) is 13.2 Å². The average Bonchev–Trinajstić information content (AvgIpc) is 2.24.